The van der Waals surface area contributed by atoms with Gasteiger partial charge in [-0.05, 0) is 25.3 Å². The minimum Gasteiger partial charge on any atom is -0.548 e. The first kappa shape index (κ1) is 9.84. The molecule has 0 fully saturated rings. The molecule has 0 aromatic carbocycles. The summed E-state index contributed by atoms with van der Waals surface area (Å²) in [5.41, 5.74) is 0. The summed E-state index contributed by atoms with van der Waals surface area (Å²) in [6, 6.07) is 0. The fourth-order valence-corrected chi connectivity index (χ4v) is 1.84. The van der Waals surface area contributed by atoms with Crippen molar-refractivity contribution in [2.45, 2.75) is 51.4 Å². The predicted octanol–water partition coefficient (Wildman–Crippen LogP) is 2.84. The summed E-state index contributed by atoms with van der Waals surface area (Å²) < 4.78 is 5.20. The van der Waals surface area contributed by atoms with Gasteiger partial charge in [0.25, 0.3) is 10.5 Å². The Balaban J connectivity index is 2.32. The molecule has 2 heteroatoms. The Kier molecular flexibility index (Phi) is 5.16. The molecule has 0 amide bonds. The van der Waals surface area contributed by atoms with Crippen molar-refractivity contribution in [1.29, 1.82) is 0 Å². The van der Waals surface area contributed by atoms with Gasteiger partial charge in [-0.15, -0.1) is 0 Å². The molecule has 0 N–H and O–H groups in total. The lowest BCUT2D eigenvalue weighted by atomic mass is 10.0. The van der Waals surface area contributed by atoms with Crippen molar-refractivity contribution in [2.75, 3.05) is 0 Å². The van der Waals surface area contributed by atoms with Crippen LogP contribution in [0.2, 0.25) is 0 Å². The number of hydrogen-bond acceptors (Lipinski definition) is 1. The molecule has 0 unspecified atom stereocenters. The van der Waals surface area contributed by atoms with E-state index in [-0.39, 0.29) is 0 Å². The molecular formula is C10H18OSi. The molecule has 68 valence electrons. The average Bonchev–Trinajstić information content (AvgIpc) is 2.14. The molecule has 12 heavy (non-hydrogen) atoms. The highest BCUT2D eigenvalue weighted by atomic mass is 28.2. The lowest BCUT2D eigenvalue weighted by Gasteiger charge is -2.09. The first-order valence-electron chi connectivity index (χ1n) is 4.99. The van der Waals surface area contributed by atoms with Crippen LogP contribution in [0.3, 0.4) is 0 Å². The largest absolute Gasteiger partial charge is 0.548 e. The zero-order chi connectivity index (χ0) is 8.65. The first-order chi connectivity index (χ1) is 5.93. The van der Waals surface area contributed by atoms with E-state index in [1.54, 1.807) is 0 Å². The second kappa shape index (κ2) is 6.29. The van der Waals surface area contributed by atoms with E-state index in [4.69, 9.17) is 4.43 Å². The van der Waals surface area contributed by atoms with Gasteiger partial charge in [0, 0.05) is 6.42 Å². The van der Waals surface area contributed by atoms with E-state index in [2.05, 4.69) is 16.6 Å². The molecule has 0 saturated heterocycles. The minimum atomic E-state index is 1.13. The summed E-state index contributed by atoms with van der Waals surface area (Å²) in [6.07, 6.45) is 12.8. The molecule has 0 aromatic rings. The van der Waals surface area contributed by atoms with Crippen molar-refractivity contribution >= 4 is 10.5 Å². The normalized spacial score (nSPS) is 25.6. The lowest BCUT2D eigenvalue weighted by molar-refractivity contribution is 0.422. The summed E-state index contributed by atoms with van der Waals surface area (Å²) in [7, 11) is 2.35. The Morgan fingerprint density at radius 3 is 2.42 bits per heavy atom. The highest BCUT2D eigenvalue weighted by Gasteiger charge is 1.99. The summed E-state index contributed by atoms with van der Waals surface area (Å²) in [4.78, 5) is 0. The maximum Gasteiger partial charge on any atom is 0.288 e. The van der Waals surface area contributed by atoms with Crippen LogP contribution in [0.5, 0.6) is 0 Å². The molecule has 0 spiro atoms. The second-order valence-corrected chi connectivity index (χ2v) is 3.68. The molecule has 2 radical (unpaired) electrons. The molecule has 0 bridgehead atoms. The monoisotopic (exact) mass is 182 g/mol. The summed E-state index contributed by atoms with van der Waals surface area (Å²) in [6.45, 7) is 0. The summed E-state index contributed by atoms with van der Waals surface area (Å²) in [5, 5.41) is 0. The van der Waals surface area contributed by atoms with Crippen LogP contribution in [0.15, 0.2) is 11.8 Å². The molecule has 0 atom stereocenters. The third-order valence-electron chi connectivity index (χ3n) is 2.40. The number of rotatable bonds is 1. The van der Waals surface area contributed by atoms with Crippen molar-refractivity contribution in [3.8, 4) is 0 Å². The molecule has 0 heterocycles. The third-order valence-corrected chi connectivity index (χ3v) is 2.70. The van der Waals surface area contributed by atoms with Gasteiger partial charge in [0.05, 0.1) is 5.76 Å². The lowest BCUT2D eigenvalue weighted by Crippen LogP contribution is -1.91. The SMILES string of the molecule is [SiH]O/C1=C/CCCCCCCC1. The summed E-state index contributed by atoms with van der Waals surface area (Å²) >= 11 is 0. The van der Waals surface area contributed by atoms with Gasteiger partial charge in [-0.1, -0.05) is 25.7 Å². The van der Waals surface area contributed by atoms with Crippen LogP contribution >= 0.6 is 0 Å². The number of allylic oxidation sites excluding steroid dienone is 2. The van der Waals surface area contributed by atoms with Crippen molar-refractivity contribution in [2.24, 2.45) is 0 Å². The fraction of sp³-hybridized carbons (Fsp3) is 0.800. The Morgan fingerprint density at radius 2 is 1.67 bits per heavy atom. The third kappa shape index (κ3) is 3.95. The quantitative estimate of drug-likeness (QED) is 0.567. The standard InChI is InChI=1S/C10H18OSi/c12-11-10-8-6-4-2-1-3-5-7-9-10/h8,12H,1-7,9H2/b10-8+. The number of hydrogen-bond donors (Lipinski definition) is 0. The minimum absolute atomic E-state index is 1.13. The van der Waals surface area contributed by atoms with Crippen LogP contribution in [0.4, 0.5) is 0 Å². The zero-order valence-electron chi connectivity index (χ0n) is 7.72. The van der Waals surface area contributed by atoms with Gasteiger partial charge in [0.2, 0.25) is 0 Å². The average molecular weight is 182 g/mol. The van der Waals surface area contributed by atoms with Crippen LogP contribution in [-0.2, 0) is 4.43 Å². The van der Waals surface area contributed by atoms with E-state index in [9.17, 15) is 0 Å². The van der Waals surface area contributed by atoms with Crippen LogP contribution < -0.4 is 0 Å². The Hall–Kier alpha value is -0.243. The Labute approximate surface area is 78.7 Å². The molecular weight excluding hydrogens is 164 g/mol. The smallest absolute Gasteiger partial charge is 0.288 e. The van der Waals surface area contributed by atoms with Gasteiger partial charge in [-0.25, -0.2) is 0 Å². The molecule has 1 nitrogen and oxygen atoms in total. The van der Waals surface area contributed by atoms with Crippen LogP contribution in [0.25, 0.3) is 0 Å². The Morgan fingerprint density at radius 1 is 1.00 bits per heavy atom. The van der Waals surface area contributed by atoms with Crippen molar-refractivity contribution in [3.05, 3.63) is 11.8 Å². The van der Waals surface area contributed by atoms with Gasteiger partial charge in [0.15, 0.2) is 0 Å². The van der Waals surface area contributed by atoms with Gasteiger partial charge >= 0.3 is 0 Å². The van der Waals surface area contributed by atoms with Crippen LogP contribution in [0.1, 0.15) is 51.4 Å². The molecule has 1 aliphatic rings. The zero-order valence-corrected chi connectivity index (χ0v) is 8.87. The highest BCUT2D eigenvalue weighted by Crippen LogP contribution is 2.16. The first-order valence-corrected chi connectivity index (χ1v) is 5.46. The molecule has 1 rings (SSSR count). The van der Waals surface area contributed by atoms with E-state index in [0.29, 0.717) is 0 Å². The van der Waals surface area contributed by atoms with Gasteiger partial charge < -0.3 is 4.43 Å². The van der Waals surface area contributed by atoms with Gasteiger partial charge in [0.1, 0.15) is 0 Å². The van der Waals surface area contributed by atoms with Gasteiger partial charge in [-0.3, -0.25) is 0 Å². The van der Waals surface area contributed by atoms with E-state index < -0.39 is 0 Å². The van der Waals surface area contributed by atoms with E-state index >= 15 is 0 Å². The van der Waals surface area contributed by atoms with E-state index in [1.165, 1.54) is 50.7 Å². The maximum atomic E-state index is 5.20. The Bertz CT molecular complexity index is 143. The second-order valence-electron chi connectivity index (χ2n) is 3.45. The summed E-state index contributed by atoms with van der Waals surface area (Å²) in [5.74, 6) is 1.17. The molecule has 0 aliphatic heterocycles. The van der Waals surface area contributed by atoms with E-state index in [0.717, 1.165) is 6.42 Å². The maximum absolute atomic E-state index is 5.20. The fourth-order valence-electron chi connectivity index (χ4n) is 1.62. The van der Waals surface area contributed by atoms with Crippen LogP contribution in [-0.4, -0.2) is 10.5 Å². The molecule has 0 saturated carbocycles. The predicted molar refractivity (Wildman–Crippen MR) is 53.3 cm³/mol. The van der Waals surface area contributed by atoms with Gasteiger partial charge in [-0.2, -0.15) is 0 Å². The topological polar surface area (TPSA) is 9.23 Å². The van der Waals surface area contributed by atoms with Crippen molar-refractivity contribution < 1.29 is 4.43 Å². The molecule has 0 aromatic heterocycles. The van der Waals surface area contributed by atoms with Crippen molar-refractivity contribution in [1.82, 2.24) is 0 Å². The molecule has 1 aliphatic carbocycles. The van der Waals surface area contributed by atoms with E-state index in [1.807, 2.05) is 0 Å². The van der Waals surface area contributed by atoms with Crippen molar-refractivity contribution in [3.63, 3.8) is 0 Å². The van der Waals surface area contributed by atoms with Crippen LogP contribution in [0, 0.1) is 0 Å². The highest BCUT2D eigenvalue weighted by molar-refractivity contribution is 5.98.